The summed E-state index contributed by atoms with van der Waals surface area (Å²) < 4.78 is 70.3. The molecular formula is C23H20F3N7O4S. The Balaban J connectivity index is 1.67. The Morgan fingerprint density at radius 1 is 1.13 bits per heavy atom. The smallest absolute Gasteiger partial charge is 0.355 e. The summed E-state index contributed by atoms with van der Waals surface area (Å²) >= 11 is 0. The zero-order chi connectivity index (χ0) is 27.3. The summed E-state index contributed by atoms with van der Waals surface area (Å²) in [5.41, 5.74) is 6.34. The Labute approximate surface area is 214 Å². The molecule has 0 fully saturated rings. The second-order valence-corrected chi connectivity index (χ2v) is 9.40. The van der Waals surface area contributed by atoms with E-state index in [0.717, 1.165) is 5.56 Å². The van der Waals surface area contributed by atoms with Gasteiger partial charge in [-0.1, -0.05) is 18.2 Å². The average molecular weight is 548 g/mol. The highest BCUT2D eigenvalue weighted by Gasteiger charge is 2.26. The number of carbonyl (C=O) groups is 1. The maximum Gasteiger partial charge on any atom is 0.355 e. The molecule has 1 amide bonds. The van der Waals surface area contributed by atoms with E-state index in [9.17, 15) is 26.4 Å². The highest BCUT2D eigenvalue weighted by Crippen LogP contribution is 2.35. The Bertz CT molecular complexity index is 1530. The van der Waals surface area contributed by atoms with Gasteiger partial charge in [-0.2, -0.15) is 13.9 Å². The van der Waals surface area contributed by atoms with Crippen molar-refractivity contribution in [3.8, 4) is 17.0 Å². The minimum absolute atomic E-state index is 0.0127. The van der Waals surface area contributed by atoms with Crippen LogP contribution >= 0.6 is 0 Å². The number of aromatic amines is 1. The van der Waals surface area contributed by atoms with Crippen LogP contribution in [0.2, 0.25) is 0 Å². The van der Waals surface area contributed by atoms with Gasteiger partial charge in [-0.15, -0.1) is 0 Å². The number of amides is 1. The van der Waals surface area contributed by atoms with Gasteiger partial charge in [-0.3, -0.25) is 19.6 Å². The lowest BCUT2D eigenvalue weighted by Gasteiger charge is -2.15. The predicted octanol–water partition coefficient (Wildman–Crippen LogP) is 3.43. The Hall–Kier alpha value is -4.66. The van der Waals surface area contributed by atoms with Crippen LogP contribution in [0, 0.1) is 5.82 Å². The van der Waals surface area contributed by atoms with Crippen molar-refractivity contribution in [2.75, 3.05) is 16.6 Å². The van der Waals surface area contributed by atoms with Gasteiger partial charge in [0.05, 0.1) is 18.5 Å². The van der Waals surface area contributed by atoms with Crippen molar-refractivity contribution in [3.05, 3.63) is 78.0 Å². The Morgan fingerprint density at radius 3 is 2.55 bits per heavy atom. The summed E-state index contributed by atoms with van der Waals surface area (Å²) in [4.78, 5) is 20.3. The van der Waals surface area contributed by atoms with Gasteiger partial charge in [0, 0.05) is 24.4 Å². The van der Waals surface area contributed by atoms with Crippen LogP contribution in [0.25, 0.3) is 11.3 Å². The first-order chi connectivity index (χ1) is 18.1. The molecule has 0 saturated carbocycles. The number of benzene rings is 2. The number of rotatable bonds is 11. The van der Waals surface area contributed by atoms with Gasteiger partial charge in [-0.05, 0) is 29.8 Å². The van der Waals surface area contributed by atoms with Gasteiger partial charge < -0.3 is 15.8 Å². The van der Waals surface area contributed by atoms with Crippen LogP contribution in [-0.2, 0) is 16.4 Å². The third-order valence-electron chi connectivity index (χ3n) is 5.13. The number of hydrogen-bond acceptors (Lipinski definition) is 8. The van der Waals surface area contributed by atoms with E-state index in [1.54, 1.807) is 16.9 Å². The maximum absolute atomic E-state index is 13.2. The molecule has 4 rings (SSSR count). The Morgan fingerprint density at radius 2 is 1.89 bits per heavy atom. The van der Waals surface area contributed by atoms with E-state index in [4.69, 9.17) is 10.5 Å². The molecule has 0 radical (unpaired) electrons. The highest BCUT2D eigenvalue weighted by atomic mass is 32.2. The van der Waals surface area contributed by atoms with Crippen LogP contribution in [0.15, 0.2) is 61.1 Å². The number of alkyl halides is 2. The van der Waals surface area contributed by atoms with Crippen molar-refractivity contribution in [1.29, 1.82) is 0 Å². The monoisotopic (exact) mass is 547 g/mol. The molecule has 0 spiro atoms. The van der Waals surface area contributed by atoms with E-state index in [-0.39, 0.29) is 40.7 Å². The average Bonchev–Trinajstić information content (AvgIpc) is 3.30. The van der Waals surface area contributed by atoms with E-state index in [2.05, 4.69) is 25.5 Å². The third-order valence-corrected chi connectivity index (χ3v) is 6.11. The first-order valence-corrected chi connectivity index (χ1v) is 12.4. The maximum atomic E-state index is 13.2. The van der Waals surface area contributed by atoms with Gasteiger partial charge in [-0.25, -0.2) is 17.8 Å². The van der Waals surface area contributed by atoms with Crippen molar-refractivity contribution < 1.29 is 31.1 Å². The number of H-pyrrole nitrogens is 1. The van der Waals surface area contributed by atoms with E-state index in [0.29, 0.717) is 12.2 Å². The van der Waals surface area contributed by atoms with Crippen LogP contribution in [0.3, 0.4) is 0 Å². The molecule has 11 nitrogen and oxygen atoms in total. The highest BCUT2D eigenvalue weighted by molar-refractivity contribution is 7.93. The van der Waals surface area contributed by atoms with Crippen molar-refractivity contribution in [3.63, 3.8) is 0 Å². The number of primary amides is 1. The molecule has 198 valence electrons. The molecule has 0 saturated heterocycles. The Kier molecular flexibility index (Phi) is 7.76. The fourth-order valence-electron chi connectivity index (χ4n) is 3.37. The van der Waals surface area contributed by atoms with Gasteiger partial charge >= 0.3 is 5.76 Å². The van der Waals surface area contributed by atoms with Gasteiger partial charge in [0.2, 0.25) is 0 Å². The molecule has 0 aliphatic rings. The molecule has 5 N–H and O–H groups in total. The van der Waals surface area contributed by atoms with Gasteiger partial charge in [0.15, 0.2) is 0 Å². The number of ether oxygens (including phenoxy) is 1. The number of anilines is 3. The number of aromatic nitrogens is 4. The zero-order valence-electron chi connectivity index (χ0n) is 19.4. The second kappa shape index (κ2) is 11.2. The largest absolute Gasteiger partial charge is 0.491 e. The molecule has 15 heteroatoms. The molecule has 2 aromatic carbocycles. The first-order valence-electron chi connectivity index (χ1n) is 10.9. The number of sulfonamides is 1. The zero-order valence-corrected chi connectivity index (χ0v) is 20.2. The van der Waals surface area contributed by atoms with Crippen molar-refractivity contribution in [2.45, 2.75) is 12.2 Å². The van der Waals surface area contributed by atoms with Crippen LogP contribution in [-0.4, -0.2) is 46.9 Å². The molecule has 4 aromatic rings. The molecule has 0 unspecified atom stereocenters. The SMILES string of the molecule is NC(=O)c1c(-c2ccc(NS(=O)(=O)C(F)F)c(OCCc3ccc(F)cc3)c2)n[nH]c1Nc1cnccn1. The molecule has 2 aromatic heterocycles. The van der Waals surface area contributed by atoms with Crippen LogP contribution < -0.4 is 20.5 Å². The third kappa shape index (κ3) is 6.18. The van der Waals surface area contributed by atoms with Crippen molar-refractivity contribution in [1.82, 2.24) is 20.2 Å². The summed E-state index contributed by atoms with van der Waals surface area (Å²) in [5, 5.41) is 9.62. The summed E-state index contributed by atoms with van der Waals surface area (Å²) in [6.45, 7) is -0.0127. The minimum atomic E-state index is -5.01. The number of nitrogens with two attached hydrogens (primary N) is 1. The van der Waals surface area contributed by atoms with E-state index >= 15 is 0 Å². The molecule has 38 heavy (non-hydrogen) atoms. The van der Waals surface area contributed by atoms with Crippen molar-refractivity contribution >= 4 is 33.3 Å². The van der Waals surface area contributed by atoms with Crippen LogP contribution in [0.1, 0.15) is 15.9 Å². The number of hydrogen-bond donors (Lipinski definition) is 4. The number of nitrogens with zero attached hydrogens (tertiary/aromatic N) is 3. The fourth-order valence-corrected chi connectivity index (χ4v) is 3.94. The summed E-state index contributed by atoms with van der Waals surface area (Å²) in [6.07, 6.45) is 4.59. The molecule has 0 aliphatic carbocycles. The number of nitrogens with one attached hydrogen (secondary N) is 3. The standard InChI is InChI=1S/C23H20F3N7O4S/c24-15-4-1-13(2-5-15)7-10-37-17-11-14(3-6-16(17)33-38(35,36)23(25)26)20-19(21(27)34)22(32-31-20)30-18-12-28-8-9-29-18/h1-6,8-9,11-12,23,33H,7,10H2,(H2,27,34)(H2,29,30,31,32). The summed E-state index contributed by atoms with van der Waals surface area (Å²) in [6, 6.07) is 9.50. The van der Waals surface area contributed by atoms with Crippen LogP contribution in [0.4, 0.5) is 30.5 Å². The topological polar surface area (TPSA) is 165 Å². The fraction of sp³-hybridized carbons (Fsp3) is 0.130. The van der Waals surface area contributed by atoms with Crippen LogP contribution in [0.5, 0.6) is 5.75 Å². The number of halogens is 3. The molecule has 0 atom stereocenters. The normalized spacial score (nSPS) is 11.4. The molecule has 0 aliphatic heterocycles. The molecule has 0 bridgehead atoms. The first kappa shape index (κ1) is 26.4. The lowest BCUT2D eigenvalue weighted by atomic mass is 10.1. The van der Waals surface area contributed by atoms with E-state index in [1.807, 2.05) is 0 Å². The predicted molar refractivity (Wildman–Crippen MR) is 132 cm³/mol. The van der Waals surface area contributed by atoms with Crippen molar-refractivity contribution in [2.24, 2.45) is 5.73 Å². The minimum Gasteiger partial charge on any atom is -0.491 e. The molecule has 2 heterocycles. The van der Waals surface area contributed by atoms with Gasteiger partial charge in [0.25, 0.3) is 15.9 Å². The lowest BCUT2D eigenvalue weighted by molar-refractivity contribution is 0.100. The molecular weight excluding hydrogens is 527 g/mol. The van der Waals surface area contributed by atoms with Gasteiger partial charge in [0.1, 0.15) is 34.5 Å². The summed E-state index contributed by atoms with van der Waals surface area (Å²) in [5.74, 6) is -4.64. The van der Waals surface area contributed by atoms with E-state index in [1.165, 1.54) is 48.9 Å². The number of carbonyl (C=O) groups excluding carboxylic acids is 1. The second-order valence-electron chi connectivity index (χ2n) is 7.75. The quantitative estimate of drug-likeness (QED) is 0.222. The summed E-state index contributed by atoms with van der Waals surface area (Å²) in [7, 11) is -5.01. The lowest BCUT2D eigenvalue weighted by Crippen LogP contribution is -2.21. The van der Waals surface area contributed by atoms with E-state index < -0.39 is 27.5 Å².